The quantitative estimate of drug-likeness (QED) is 0.862. The normalized spacial score (nSPS) is 17.6. The first-order valence-corrected chi connectivity index (χ1v) is 9.32. The van der Waals surface area contributed by atoms with E-state index < -0.39 is 0 Å². The van der Waals surface area contributed by atoms with Crippen molar-refractivity contribution >= 4 is 28.5 Å². The number of nitrogens with one attached hydrogen (secondary N) is 1. The fraction of sp³-hybridized carbons (Fsp3) is 0.381. The summed E-state index contributed by atoms with van der Waals surface area (Å²) in [5.74, 6) is -0.451. The minimum Gasteiger partial charge on any atom is -0.354 e. The lowest BCUT2D eigenvalue weighted by Gasteiger charge is -2.27. The molecule has 134 valence electrons. The first-order chi connectivity index (χ1) is 12.7. The highest BCUT2D eigenvalue weighted by Crippen LogP contribution is 2.29. The molecule has 0 unspecified atom stereocenters. The zero-order valence-electron chi connectivity index (χ0n) is 14.7. The summed E-state index contributed by atoms with van der Waals surface area (Å²) in [6, 6.07) is 11.0. The maximum absolute atomic E-state index is 12.8. The van der Waals surface area contributed by atoms with Crippen molar-refractivity contribution in [2.45, 2.75) is 32.1 Å². The minimum atomic E-state index is -0.286. The summed E-state index contributed by atoms with van der Waals surface area (Å²) in [5, 5.41) is 4.53. The van der Waals surface area contributed by atoms with Gasteiger partial charge < -0.3 is 5.32 Å². The Balaban J connectivity index is 1.47. The number of imide groups is 1. The van der Waals surface area contributed by atoms with E-state index in [1.807, 2.05) is 24.3 Å². The van der Waals surface area contributed by atoms with Gasteiger partial charge in [-0.3, -0.25) is 19.3 Å². The lowest BCUT2D eigenvalue weighted by Crippen LogP contribution is -2.45. The molecule has 4 rings (SSSR count). The van der Waals surface area contributed by atoms with E-state index in [-0.39, 0.29) is 30.2 Å². The van der Waals surface area contributed by atoms with Gasteiger partial charge in [0.2, 0.25) is 5.91 Å². The standard InChI is InChI=1S/C21H22N2O3/c24-19(15-6-2-1-3-7-15)22-12-13-23-20(25)16-10-4-8-14-9-5-11-17(18(14)16)21(23)26/h4-5,8-11,15H,1-3,6-7,12-13H2,(H,22,24). The van der Waals surface area contributed by atoms with Gasteiger partial charge in [-0.2, -0.15) is 0 Å². The van der Waals surface area contributed by atoms with E-state index in [9.17, 15) is 14.4 Å². The number of carbonyl (C=O) groups is 3. The second-order valence-corrected chi connectivity index (χ2v) is 7.10. The smallest absolute Gasteiger partial charge is 0.261 e. The highest BCUT2D eigenvalue weighted by molar-refractivity contribution is 6.25. The summed E-state index contributed by atoms with van der Waals surface area (Å²) in [7, 11) is 0. The molecule has 26 heavy (non-hydrogen) atoms. The molecular formula is C21H22N2O3. The number of benzene rings is 2. The van der Waals surface area contributed by atoms with Crippen LogP contribution in [0.3, 0.4) is 0 Å². The Morgan fingerprint density at radius 2 is 1.58 bits per heavy atom. The number of rotatable bonds is 4. The van der Waals surface area contributed by atoms with Crippen molar-refractivity contribution in [1.29, 1.82) is 0 Å². The van der Waals surface area contributed by atoms with E-state index in [0.717, 1.165) is 36.5 Å². The van der Waals surface area contributed by atoms with Crippen molar-refractivity contribution in [2.75, 3.05) is 13.1 Å². The first kappa shape index (κ1) is 16.8. The van der Waals surface area contributed by atoms with Gasteiger partial charge in [0.25, 0.3) is 11.8 Å². The molecule has 1 fully saturated rings. The van der Waals surface area contributed by atoms with Crippen LogP contribution in [0.5, 0.6) is 0 Å². The zero-order chi connectivity index (χ0) is 18.1. The molecule has 2 aromatic carbocycles. The average molecular weight is 350 g/mol. The number of hydrogen-bond donors (Lipinski definition) is 1. The van der Waals surface area contributed by atoms with Crippen LogP contribution in [-0.2, 0) is 4.79 Å². The molecular weight excluding hydrogens is 328 g/mol. The molecule has 1 N–H and O–H groups in total. The molecule has 1 saturated carbocycles. The van der Waals surface area contributed by atoms with Crippen molar-refractivity contribution < 1.29 is 14.4 Å². The Morgan fingerprint density at radius 1 is 0.962 bits per heavy atom. The predicted molar refractivity (Wildman–Crippen MR) is 98.9 cm³/mol. The molecule has 3 amide bonds. The first-order valence-electron chi connectivity index (χ1n) is 9.32. The Kier molecular flexibility index (Phi) is 4.45. The molecule has 1 aliphatic carbocycles. The predicted octanol–water partition coefficient (Wildman–Crippen LogP) is 3.13. The second kappa shape index (κ2) is 6.90. The maximum Gasteiger partial charge on any atom is 0.261 e. The summed E-state index contributed by atoms with van der Waals surface area (Å²) in [5.41, 5.74) is 1.10. The third kappa shape index (κ3) is 2.87. The summed E-state index contributed by atoms with van der Waals surface area (Å²) < 4.78 is 0. The van der Waals surface area contributed by atoms with Gasteiger partial charge in [-0.1, -0.05) is 43.5 Å². The molecule has 0 radical (unpaired) electrons. The Hall–Kier alpha value is -2.69. The van der Waals surface area contributed by atoms with Crippen LogP contribution in [0.15, 0.2) is 36.4 Å². The van der Waals surface area contributed by atoms with Gasteiger partial charge in [0, 0.05) is 35.5 Å². The van der Waals surface area contributed by atoms with Crippen LogP contribution in [0.4, 0.5) is 0 Å². The third-order valence-electron chi connectivity index (χ3n) is 5.47. The molecule has 5 heteroatoms. The molecule has 0 atom stereocenters. The lowest BCUT2D eigenvalue weighted by atomic mass is 9.89. The maximum atomic E-state index is 12.8. The van der Waals surface area contributed by atoms with Crippen molar-refractivity contribution in [3.63, 3.8) is 0 Å². The minimum absolute atomic E-state index is 0.0455. The number of nitrogens with zero attached hydrogens (tertiary/aromatic N) is 1. The molecule has 1 aliphatic heterocycles. The Morgan fingerprint density at radius 3 is 2.19 bits per heavy atom. The highest BCUT2D eigenvalue weighted by Gasteiger charge is 2.32. The van der Waals surface area contributed by atoms with E-state index in [1.165, 1.54) is 11.3 Å². The summed E-state index contributed by atoms with van der Waals surface area (Å²) >= 11 is 0. The number of carbonyl (C=O) groups excluding carboxylic acids is 3. The van der Waals surface area contributed by atoms with E-state index >= 15 is 0 Å². The largest absolute Gasteiger partial charge is 0.354 e. The van der Waals surface area contributed by atoms with Crippen molar-refractivity contribution in [3.05, 3.63) is 47.5 Å². The molecule has 0 aromatic heterocycles. The number of amides is 3. The van der Waals surface area contributed by atoms with Crippen LogP contribution in [-0.4, -0.2) is 35.7 Å². The van der Waals surface area contributed by atoms with Crippen LogP contribution in [0.2, 0.25) is 0 Å². The van der Waals surface area contributed by atoms with Crippen LogP contribution in [0.1, 0.15) is 52.8 Å². The Bertz CT molecular complexity index is 833. The summed E-state index contributed by atoms with van der Waals surface area (Å²) in [4.78, 5) is 39.1. The van der Waals surface area contributed by atoms with Gasteiger partial charge >= 0.3 is 0 Å². The van der Waals surface area contributed by atoms with Gasteiger partial charge in [-0.15, -0.1) is 0 Å². The number of hydrogen-bond acceptors (Lipinski definition) is 3. The van der Waals surface area contributed by atoms with E-state index in [2.05, 4.69) is 5.32 Å². The lowest BCUT2D eigenvalue weighted by molar-refractivity contribution is -0.125. The second-order valence-electron chi connectivity index (χ2n) is 7.10. The molecule has 1 heterocycles. The molecule has 0 spiro atoms. The topological polar surface area (TPSA) is 66.5 Å². The summed E-state index contributed by atoms with van der Waals surface area (Å²) in [6.45, 7) is 0.492. The van der Waals surface area contributed by atoms with Gasteiger partial charge in [0.05, 0.1) is 0 Å². The highest BCUT2D eigenvalue weighted by atomic mass is 16.2. The van der Waals surface area contributed by atoms with Crippen LogP contribution in [0, 0.1) is 5.92 Å². The monoisotopic (exact) mass is 350 g/mol. The van der Waals surface area contributed by atoms with Gasteiger partial charge in [0.1, 0.15) is 0 Å². The van der Waals surface area contributed by atoms with E-state index in [0.29, 0.717) is 17.7 Å². The van der Waals surface area contributed by atoms with Gasteiger partial charge in [-0.05, 0) is 30.4 Å². The summed E-state index contributed by atoms with van der Waals surface area (Å²) in [6.07, 6.45) is 5.26. The van der Waals surface area contributed by atoms with Crippen LogP contribution >= 0.6 is 0 Å². The van der Waals surface area contributed by atoms with Crippen LogP contribution in [0.25, 0.3) is 10.8 Å². The molecule has 5 nitrogen and oxygen atoms in total. The Labute approximate surface area is 152 Å². The third-order valence-corrected chi connectivity index (χ3v) is 5.47. The molecule has 0 saturated heterocycles. The van der Waals surface area contributed by atoms with Crippen molar-refractivity contribution in [2.24, 2.45) is 5.92 Å². The van der Waals surface area contributed by atoms with E-state index in [4.69, 9.17) is 0 Å². The fourth-order valence-electron chi connectivity index (χ4n) is 4.08. The SMILES string of the molecule is O=C(NCCN1C(=O)c2cccc3cccc(c23)C1=O)C1CCCCC1. The van der Waals surface area contributed by atoms with Crippen molar-refractivity contribution in [1.82, 2.24) is 10.2 Å². The van der Waals surface area contributed by atoms with Gasteiger partial charge in [-0.25, -0.2) is 0 Å². The fourth-order valence-corrected chi connectivity index (χ4v) is 4.08. The zero-order valence-corrected chi connectivity index (χ0v) is 14.7. The average Bonchev–Trinajstić information content (AvgIpc) is 2.69. The van der Waals surface area contributed by atoms with Gasteiger partial charge in [0.15, 0.2) is 0 Å². The van der Waals surface area contributed by atoms with Crippen LogP contribution < -0.4 is 5.32 Å². The van der Waals surface area contributed by atoms with E-state index in [1.54, 1.807) is 12.1 Å². The molecule has 2 aliphatic rings. The van der Waals surface area contributed by atoms with Crippen molar-refractivity contribution in [3.8, 4) is 0 Å². The molecule has 0 bridgehead atoms. The molecule has 2 aromatic rings.